The van der Waals surface area contributed by atoms with Gasteiger partial charge in [-0.25, -0.2) is 9.97 Å². The predicted molar refractivity (Wildman–Crippen MR) is 93.7 cm³/mol. The topological polar surface area (TPSA) is 41.1 Å². The summed E-state index contributed by atoms with van der Waals surface area (Å²) in [5, 5.41) is 7.51. The van der Waals surface area contributed by atoms with E-state index in [4.69, 9.17) is 4.98 Å². The highest BCUT2D eigenvalue weighted by Crippen LogP contribution is 2.37. The molecule has 1 aliphatic heterocycles. The Morgan fingerprint density at radius 3 is 3.05 bits per heavy atom. The molecule has 1 unspecified atom stereocenters. The van der Waals surface area contributed by atoms with Crippen molar-refractivity contribution >= 4 is 38.0 Å². The number of thiazole rings is 2. The molecule has 0 bridgehead atoms. The van der Waals surface area contributed by atoms with Crippen LogP contribution >= 0.6 is 22.7 Å². The van der Waals surface area contributed by atoms with Crippen LogP contribution in [0, 0.1) is 0 Å². The van der Waals surface area contributed by atoms with Crippen molar-refractivity contribution in [3.63, 3.8) is 0 Å². The third-order valence-electron chi connectivity index (χ3n) is 4.09. The van der Waals surface area contributed by atoms with Crippen LogP contribution < -0.4 is 5.32 Å². The van der Waals surface area contributed by atoms with Crippen LogP contribution in [0.1, 0.15) is 29.6 Å². The first-order valence-electron chi connectivity index (χ1n) is 7.55. The molecule has 1 aliphatic rings. The molecule has 0 amide bonds. The van der Waals surface area contributed by atoms with Crippen molar-refractivity contribution < 1.29 is 0 Å². The molecular weight excluding hydrogens is 312 g/mol. The van der Waals surface area contributed by atoms with E-state index >= 15 is 0 Å². The maximum atomic E-state index is 4.85. The van der Waals surface area contributed by atoms with Crippen LogP contribution in [0.3, 0.4) is 0 Å². The van der Waals surface area contributed by atoms with Crippen molar-refractivity contribution in [2.45, 2.75) is 25.4 Å². The number of likely N-dealkylation sites (tertiary alicyclic amines) is 1. The fourth-order valence-electron chi connectivity index (χ4n) is 3.03. The van der Waals surface area contributed by atoms with Gasteiger partial charge in [-0.3, -0.25) is 4.90 Å². The first-order valence-corrected chi connectivity index (χ1v) is 9.25. The van der Waals surface area contributed by atoms with Gasteiger partial charge in [0.2, 0.25) is 0 Å². The Bertz CT molecular complexity index is 746. The summed E-state index contributed by atoms with van der Waals surface area (Å²) in [5.74, 6) is 0. The summed E-state index contributed by atoms with van der Waals surface area (Å²) in [5.41, 5.74) is 2.28. The number of anilines is 1. The second-order valence-corrected chi connectivity index (χ2v) is 7.46. The summed E-state index contributed by atoms with van der Waals surface area (Å²) in [7, 11) is 1.92. The Morgan fingerprint density at radius 2 is 2.23 bits per heavy atom. The van der Waals surface area contributed by atoms with Gasteiger partial charge in [-0.05, 0) is 31.5 Å². The molecule has 1 N–H and O–H groups in total. The van der Waals surface area contributed by atoms with Crippen LogP contribution in [-0.2, 0) is 6.54 Å². The zero-order chi connectivity index (χ0) is 14.9. The fraction of sp³-hybridized carbons (Fsp3) is 0.375. The molecule has 4 nitrogen and oxygen atoms in total. The van der Waals surface area contributed by atoms with Crippen LogP contribution in [0.4, 0.5) is 5.13 Å². The zero-order valence-electron chi connectivity index (χ0n) is 12.5. The summed E-state index contributed by atoms with van der Waals surface area (Å²) in [6.07, 6.45) is 2.44. The number of hydrogen-bond acceptors (Lipinski definition) is 6. The van der Waals surface area contributed by atoms with E-state index in [1.54, 1.807) is 11.3 Å². The number of hydrogen-bond donors (Lipinski definition) is 1. The molecule has 0 radical (unpaired) electrons. The van der Waals surface area contributed by atoms with E-state index in [0.29, 0.717) is 6.04 Å². The minimum absolute atomic E-state index is 0.442. The van der Waals surface area contributed by atoms with E-state index in [1.807, 2.05) is 18.4 Å². The average molecular weight is 330 g/mol. The predicted octanol–water partition coefficient (Wildman–Crippen LogP) is 4.13. The zero-order valence-corrected chi connectivity index (χ0v) is 14.1. The van der Waals surface area contributed by atoms with Crippen molar-refractivity contribution in [1.82, 2.24) is 14.9 Å². The first-order chi connectivity index (χ1) is 10.8. The van der Waals surface area contributed by atoms with Crippen LogP contribution in [-0.4, -0.2) is 28.5 Å². The SMILES string of the molecule is CNc1nc(CN2CCCC2c2nc3ccccc3s2)cs1. The van der Waals surface area contributed by atoms with Crippen LogP contribution in [0.5, 0.6) is 0 Å². The minimum Gasteiger partial charge on any atom is -0.365 e. The van der Waals surface area contributed by atoms with E-state index in [0.717, 1.165) is 29.4 Å². The minimum atomic E-state index is 0.442. The lowest BCUT2D eigenvalue weighted by atomic mass is 10.2. The molecule has 114 valence electrons. The monoisotopic (exact) mass is 330 g/mol. The van der Waals surface area contributed by atoms with Gasteiger partial charge in [0.15, 0.2) is 5.13 Å². The normalized spacial score (nSPS) is 19.0. The van der Waals surface area contributed by atoms with Crippen LogP contribution in [0.2, 0.25) is 0 Å². The molecule has 2 aromatic heterocycles. The highest BCUT2D eigenvalue weighted by molar-refractivity contribution is 7.18. The molecule has 3 aromatic rings. The molecule has 1 saturated heterocycles. The molecule has 6 heteroatoms. The molecule has 3 heterocycles. The lowest BCUT2D eigenvalue weighted by Crippen LogP contribution is -2.22. The summed E-state index contributed by atoms with van der Waals surface area (Å²) in [6, 6.07) is 8.86. The number of fused-ring (bicyclic) bond motifs is 1. The van der Waals surface area contributed by atoms with Crippen molar-refractivity contribution in [3.8, 4) is 0 Å². The Morgan fingerprint density at radius 1 is 1.32 bits per heavy atom. The number of para-hydroxylation sites is 1. The van der Waals surface area contributed by atoms with E-state index in [1.165, 1.54) is 22.5 Å². The molecule has 4 rings (SSSR count). The van der Waals surface area contributed by atoms with Crippen molar-refractivity contribution in [3.05, 3.63) is 40.3 Å². The summed E-state index contributed by atoms with van der Waals surface area (Å²) in [4.78, 5) is 12.0. The molecule has 22 heavy (non-hydrogen) atoms. The third kappa shape index (κ3) is 2.62. The van der Waals surface area contributed by atoms with Gasteiger partial charge in [-0.1, -0.05) is 12.1 Å². The van der Waals surface area contributed by atoms with E-state index in [-0.39, 0.29) is 0 Å². The molecule has 1 aromatic carbocycles. The van der Waals surface area contributed by atoms with E-state index in [9.17, 15) is 0 Å². The maximum Gasteiger partial charge on any atom is 0.182 e. The fourth-order valence-corrected chi connectivity index (χ4v) is 4.83. The average Bonchev–Trinajstić information content (AvgIpc) is 3.25. The number of rotatable bonds is 4. The van der Waals surface area contributed by atoms with Crippen LogP contribution in [0.25, 0.3) is 10.2 Å². The molecule has 1 fully saturated rings. The van der Waals surface area contributed by atoms with Crippen molar-refractivity contribution in [2.24, 2.45) is 0 Å². The van der Waals surface area contributed by atoms with E-state index in [2.05, 4.69) is 44.8 Å². The van der Waals surface area contributed by atoms with Gasteiger partial charge >= 0.3 is 0 Å². The van der Waals surface area contributed by atoms with Gasteiger partial charge in [-0.15, -0.1) is 22.7 Å². The summed E-state index contributed by atoms with van der Waals surface area (Å²) >= 11 is 3.51. The second kappa shape index (κ2) is 5.95. The third-order valence-corrected chi connectivity index (χ3v) is 6.14. The Hall–Kier alpha value is -1.50. The summed E-state index contributed by atoms with van der Waals surface area (Å²) in [6.45, 7) is 2.05. The Labute approximate surface area is 137 Å². The lowest BCUT2D eigenvalue weighted by molar-refractivity contribution is 0.246. The van der Waals surface area contributed by atoms with Crippen LogP contribution in [0.15, 0.2) is 29.6 Å². The summed E-state index contributed by atoms with van der Waals surface area (Å²) < 4.78 is 1.29. The van der Waals surface area contributed by atoms with Gasteiger partial charge < -0.3 is 5.32 Å². The number of nitrogens with one attached hydrogen (secondary N) is 1. The highest BCUT2D eigenvalue weighted by Gasteiger charge is 2.29. The molecule has 0 aliphatic carbocycles. The van der Waals surface area contributed by atoms with Crippen molar-refractivity contribution in [1.29, 1.82) is 0 Å². The Kier molecular flexibility index (Phi) is 3.82. The molecule has 0 spiro atoms. The first kappa shape index (κ1) is 14.1. The van der Waals surface area contributed by atoms with Gasteiger partial charge in [0.1, 0.15) is 5.01 Å². The number of nitrogens with zero attached hydrogens (tertiary/aromatic N) is 3. The number of benzene rings is 1. The quantitative estimate of drug-likeness (QED) is 0.781. The molecule has 0 saturated carbocycles. The van der Waals surface area contributed by atoms with Gasteiger partial charge in [0.25, 0.3) is 0 Å². The highest BCUT2D eigenvalue weighted by atomic mass is 32.1. The van der Waals surface area contributed by atoms with Gasteiger partial charge in [-0.2, -0.15) is 0 Å². The number of aromatic nitrogens is 2. The molecular formula is C16H18N4S2. The van der Waals surface area contributed by atoms with Gasteiger partial charge in [0.05, 0.1) is 22.0 Å². The van der Waals surface area contributed by atoms with E-state index < -0.39 is 0 Å². The van der Waals surface area contributed by atoms with Gasteiger partial charge in [0, 0.05) is 19.0 Å². The maximum absolute atomic E-state index is 4.85. The smallest absolute Gasteiger partial charge is 0.182 e. The Balaban J connectivity index is 1.57. The largest absolute Gasteiger partial charge is 0.365 e. The standard InChI is InChI=1S/C16H18N4S2/c1-17-16-18-11(10-21-16)9-20-8-4-6-13(20)15-19-12-5-2-3-7-14(12)22-15/h2-3,5,7,10,13H,4,6,8-9H2,1H3,(H,17,18). The molecule has 1 atom stereocenters. The van der Waals surface area contributed by atoms with Crippen molar-refractivity contribution in [2.75, 3.05) is 18.9 Å². The second-order valence-electron chi connectivity index (χ2n) is 5.54. The lowest BCUT2D eigenvalue weighted by Gasteiger charge is -2.21.